The number of thiocarbonyl (C=S) groups is 1. The van der Waals surface area contributed by atoms with Gasteiger partial charge in [0.25, 0.3) is 0 Å². The van der Waals surface area contributed by atoms with E-state index in [1.807, 2.05) is 0 Å². The Bertz CT molecular complexity index is 1160. The fourth-order valence-corrected chi connectivity index (χ4v) is 9.57. The average Bonchev–Trinajstić information content (AvgIpc) is 3.28. The van der Waals surface area contributed by atoms with E-state index in [4.69, 9.17) is 10.8 Å². The van der Waals surface area contributed by atoms with E-state index in [2.05, 4.69) is 43.1 Å². The SMILES string of the molecule is C[C@H](CCC(=O)O)[C@H]1CCC2C3C(C[C@H](O)[C@@]21C)[C@@]1(C)CC[C@@H](O)C[C@H]1C[C@H]3O.NC(=O)c1cccc(N=C=S)c1. The molecule has 8 nitrogen and oxygen atoms in total. The van der Waals surface area contributed by atoms with Crippen LogP contribution >= 0.6 is 12.2 Å². The summed E-state index contributed by atoms with van der Waals surface area (Å²) in [7, 11) is 0. The lowest BCUT2D eigenvalue weighted by Crippen LogP contribution is -2.62. The summed E-state index contributed by atoms with van der Waals surface area (Å²) in [5, 5.41) is 44.2. The van der Waals surface area contributed by atoms with Crippen LogP contribution in [-0.4, -0.2) is 55.8 Å². The van der Waals surface area contributed by atoms with Crippen LogP contribution in [-0.2, 0) is 4.79 Å². The number of carboxylic acid groups (broad SMARTS) is 1. The summed E-state index contributed by atoms with van der Waals surface area (Å²) in [4.78, 5) is 25.5. The first-order chi connectivity index (χ1) is 19.3. The monoisotopic (exact) mass is 586 g/mol. The first kappa shape index (κ1) is 31.8. The van der Waals surface area contributed by atoms with Crippen LogP contribution in [0.25, 0.3) is 0 Å². The molecule has 11 atom stereocenters. The second kappa shape index (κ2) is 12.6. The molecule has 5 rings (SSSR count). The lowest BCUT2D eigenvalue weighted by molar-refractivity contribution is -0.207. The third kappa shape index (κ3) is 6.16. The maximum Gasteiger partial charge on any atom is 0.303 e. The predicted octanol–water partition coefficient (Wildman–Crippen LogP) is 4.97. The lowest BCUT2D eigenvalue weighted by atomic mass is 9.43. The summed E-state index contributed by atoms with van der Waals surface area (Å²) in [5.41, 5.74) is 5.91. The number of aliphatic hydroxyl groups excluding tert-OH is 3. The molecular weight excluding hydrogens is 540 g/mol. The van der Waals surface area contributed by atoms with Gasteiger partial charge in [-0.15, -0.1) is 0 Å². The maximum absolute atomic E-state index is 11.5. The molecule has 226 valence electrons. The topological polar surface area (TPSA) is 153 Å². The Kier molecular flexibility index (Phi) is 9.76. The number of rotatable bonds is 6. The molecule has 4 saturated carbocycles. The van der Waals surface area contributed by atoms with Crippen LogP contribution in [0.5, 0.6) is 0 Å². The number of amides is 1. The highest BCUT2D eigenvalue weighted by molar-refractivity contribution is 7.78. The molecule has 0 saturated heterocycles. The number of nitrogens with zero attached hydrogens (tertiary/aromatic N) is 1. The molecule has 0 bridgehead atoms. The van der Waals surface area contributed by atoms with Crippen LogP contribution in [0.15, 0.2) is 29.3 Å². The molecule has 9 heteroatoms. The van der Waals surface area contributed by atoms with Gasteiger partial charge in [-0.1, -0.05) is 26.8 Å². The molecule has 4 aliphatic rings. The van der Waals surface area contributed by atoms with Gasteiger partial charge < -0.3 is 26.2 Å². The lowest BCUT2D eigenvalue weighted by Gasteiger charge is -2.63. The molecule has 0 aliphatic heterocycles. The number of primary amides is 1. The first-order valence-corrected chi connectivity index (χ1v) is 15.5. The van der Waals surface area contributed by atoms with E-state index in [1.54, 1.807) is 24.3 Å². The summed E-state index contributed by atoms with van der Waals surface area (Å²) in [6.45, 7) is 6.72. The Morgan fingerprint density at radius 2 is 1.85 bits per heavy atom. The second-order valence-electron chi connectivity index (χ2n) is 13.6. The Morgan fingerprint density at radius 3 is 2.51 bits per heavy atom. The highest BCUT2D eigenvalue weighted by Crippen LogP contribution is 2.68. The van der Waals surface area contributed by atoms with E-state index in [9.17, 15) is 24.9 Å². The van der Waals surface area contributed by atoms with E-state index < -0.39 is 18.0 Å². The molecule has 1 amide bonds. The van der Waals surface area contributed by atoms with Crippen molar-refractivity contribution in [1.29, 1.82) is 0 Å². The van der Waals surface area contributed by atoms with Crippen molar-refractivity contribution in [3.63, 3.8) is 0 Å². The number of aliphatic imine (C=N–C) groups is 1. The zero-order chi connectivity index (χ0) is 30.1. The van der Waals surface area contributed by atoms with Gasteiger partial charge in [-0.3, -0.25) is 9.59 Å². The van der Waals surface area contributed by atoms with E-state index in [0.717, 1.165) is 44.9 Å². The number of nitrogens with two attached hydrogens (primary N) is 1. The van der Waals surface area contributed by atoms with Crippen molar-refractivity contribution in [1.82, 2.24) is 0 Å². The van der Waals surface area contributed by atoms with E-state index in [0.29, 0.717) is 41.3 Å². The number of aliphatic hydroxyl groups is 3. The third-order valence-corrected chi connectivity index (χ3v) is 11.7. The molecule has 6 N–H and O–H groups in total. The molecule has 0 aromatic heterocycles. The van der Waals surface area contributed by atoms with E-state index in [-0.39, 0.29) is 41.3 Å². The molecule has 3 unspecified atom stereocenters. The van der Waals surface area contributed by atoms with Crippen molar-refractivity contribution in [2.24, 2.45) is 57.1 Å². The van der Waals surface area contributed by atoms with Gasteiger partial charge in [0.15, 0.2) is 0 Å². The van der Waals surface area contributed by atoms with Crippen LogP contribution in [0.1, 0.15) is 88.9 Å². The van der Waals surface area contributed by atoms with Crippen molar-refractivity contribution in [3.05, 3.63) is 29.8 Å². The zero-order valence-electron chi connectivity index (χ0n) is 24.4. The van der Waals surface area contributed by atoms with Crippen molar-refractivity contribution in [3.8, 4) is 0 Å². The number of benzene rings is 1. The van der Waals surface area contributed by atoms with Crippen molar-refractivity contribution >= 4 is 34.9 Å². The number of carbonyl (C=O) groups excluding carboxylic acids is 1. The number of fused-ring (bicyclic) bond motifs is 5. The Balaban J connectivity index is 0.000000271. The minimum Gasteiger partial charge on any atom is -0.481 e. The van der Waals surface area contributed by atoms with E-state index in [1.165, 1.54) is 0 Å². The summed E-state index contributed by atoms with van der Waals surface area (Å²) in [5.74, 6) is 0.522. The van der Waals surface area contributed by atoms with Crippen LogP contribution in [0.3, 0.4) is 0 Å². The number of carbonyl (C=O) groups is 2. The number of hydrogen-bond donors (Lipinski definition) is 5. The number of isothiocyanates is 1. The van der Waals surface area contributed by atoms with E-state index >= 15 is 0 Å². The summed E-state index contributed by atoms with van der Waals surface area (Å²) in [6.07, 6.45) is 6.00. The normalized spacial score (nSPS) is 40.0. The van der Waals surface area contributed by atoms with Gasteiger partial charge in [-0.2, -0.15) is 4.99 Å². The summed E-state index contributed by atoms with van der Waals surface area (Å²) >= 11 is 4.41. The van der Waals surface area contributed by atoms with Gasteiger partial charge in [-0.25, -0.2) is 0 Å². The Morgan fingerprint density at radius 1 is 1.12 bits per heavy atom. The number of aliphatic carboxylic acids is 1. The van der Waals surface area contributed by atoms with Gasteiger partial charge in [0.2, 0.25) is 5.91 Å². The molecule has 4 fully saturated rings. The highest BCUT2D eigenvalue weighted by atomic mass is 32.1. The number of hydrogen-bond acceptors (Lipinski definition) is 7. The minimum atomic E-state index is -0.748. The zero-order valence-corrected chi connectivity index (χ0v) is 25.2. The fraction of sp³-hybridized carbons (Fsp3) is 0.719. The molecular formula is C32H46N2O6S. The number of carboxylic acids is 1. The van der Waals surface area contributed by atoms with Gasteiger partial charge in [-0.05, 0) is 128 Å². The molecule has 0 radical (unpaired) electrons. The molecule has 1 aromatic rings. The average molecular weight is 587 g/mol. The summed E-state index contributed by atoms with van der Waals surface area (Å²) < 4.78 is 0. The van der Waals surface area contributed by atoms with Crippen LogP contribution in [0.4, 0.5) is 5.69 Å². The Labute approximate surface area is 248 Å². The smallest absolute Gasteiger partial charge is 0.303 e. The van der Waals surface area contributed by atoms with Gasteiger partial charge >= 0.3 is 5.97 Å². The van der Waals surface area contributed by atoms with Gasteiger partial charge in [0.05, 0.1) is 29.2 Å². The standard InChI is InChI=1S/C24H40O5.C8H6N2OS/c1-13(4-7-21(28)29)16-5-6-17-22-18(12-20(27)24(16,17)3)23(2)9-8-15(25)10-14(23)11-19(22)26;9-8(11)6-2-1-3-7(4-6)10-5-12/h13-20,22,25-27H,4-12H2,1-3H3,(H,28,29);1-4H,(H2,9,11)/t13-,14+,15-,16-,17?,18?,19-,20+,22?,23+,24-;/m1./s1. The van der Waals surface area contributed by atoms with Crippen molar-refractivity contribution in [2.45, 2.75) is 96.9 Å². The fourth-order valence-electron chi connectivity index (χ4n) is 9.47. The third-order valence-electron chi connectivity index (χ3n) is 11.6. The molecule has 4 aliphatic carbocycles. The molecule has 1 aromatic carbocycles. The van der Waals surface area contributed by atoms with Crippen molar-refractivity contribution in [2.75, 3.05) is 0 Å². The predicted molar refractivity (Wildman–Crippen MR) is 160 cm³/mol. The van der Waals surface area contributed by atoms with Gasteiger partial charge in [0, 0.05) is 12.0 Å². The maximum atomic E-state index is 11.5. The minimum absolute atomic E-state index is 0.0957. The highest BCUT2D eigenvalue weighted by Gasteiger charge is 2.65. The van der Waals surface area contributed by atoms with Gasteiger partial charge in [0.1, 0.15) is 0 Å². The molecule has 0 heterocycles. The molecule has 41 heavy (non-hydrogen) atoms. The molecule has 0 spiro atoms. The van der Waals surface area contributed by atoms with Crippen molar-refractivity contribution < 1.29 is 30.0 Å². The summed E-state index contributed by atoms with van der Waals surface area (Å²) in [6, 6.07) is 6.57. The van der Waals surface area contributed by atoms with Crippen LogP contribution in [0, 0.1) is 46.3 Å². The Hall–Kier alpha value is -2.16. The van der Waals surface area contributed by atoms with Crippen LogP contribution < -0.4 is 5.73 Å². The largest absolute Gasteiger partial charge is 0.481 e. The first-order valence-electron chi connectivity index (χ1n) is 15.1. The second-order valence-corrected chi connectivity index (χ2v) is 13.7. The van der Waals surface area contributed by atoms with Crippen LogP contribution in [0.2, 0.25) is 0 Å². The quantitative estimate of drug-likeness (QED) is 0.233.